The summed E-state index contributed by atoms with van der Waals surface area (Å²) >= 11 is 5.84. The molecule has 1 aromatic carbocycles. The van der Waals surface area contributed by atoms with Gasteiger partial charge in [0.2, 0.25) is 0 Å². The number of amides is 1. The van der Waals surface area contributed by atoms with Crippen molar-refractivity contribution < 1.29 is 4.79 Å². The molecule has 0 bridgehead atoms. The molecule has 0 spiro atoms. The van der Waals surface area contributed by atoms with Crippen molar-refractivity contribution in [2.75, 3.05) is 13.1 Å². The molecule has 1 atom stereocenters. The first-order chi connectivity index (χ1) is 10.6. The van der Waals surface area contributed by atoms with Crippen molar-refractivity contribution in [3.05, 3.63) is 53.1 Å². The number of hydrogen-bond donors (Lipinski definition) is 1. The SMILES string of the molecule is Cn1cncc1CN1CCC(NC(=O)c2ccc(Cl)cc2)C1. The van der Waals surface area contributed by atoms with E-state index in [0.717, 1.165) is 26.1 Å². The van der Waals surface area contributed by atoms with Crippen molar-refractivity contribution in [3.8, 4) is 0 Å². The molecule has 5 nitrogen and oxygen atoms in total. The van der Waals surface area contributed by atoms with Gasteiger partial charge in [-0.3, -0.25) is 9.69 Å². The van der Waals surface area contributed by atoms with Gasteiger partial charge in [0.25, 0.3) is 5.91 Å². The summed E-state index contributed by atoms with van der Waals surface area (Å²) in [6.07, 6.45) is 4.67. The molecule has 0 radical (unpaired) electrons. The quantitative estimate of drug-likeness (QED) is 0.939. The Morgan fingerprint density at radius 3 is 2.86 bits per heavy atom. The maximum Gasteiger partial charge on any atom is 0.251 e. The second-order valence-electron chi connectivity index (χ2n) is 5.70. The van der Waals surface area contributed by atoms with Gasteiger partial charge in [-0.2, -0.15) is 0 Å². The zero-order valence-corrected chi connectivity index (χ0v) is 13.3. The fourth-order valence-corrected chi connectivity index (χ4v) is 2.86. The smallest absolute Gasteiger partial charge is 0.251 e. The molecule has 6 heteroatoms. The van der Waals surface area contributed by atoms with Crippen LogP contribution in [0.4, 0.5) is 0 Å². The maximum atomic E-state index is 12.2. The number of hydrogen-bond acceptors (Lipinski definition) is 3. The van der Waals surface area contributed by atoms with Crippen LogP contribution >= 0.6 is 11.6 Å². The molecule has 1 fully saturated rings. The van der Waals surface area contributed by atoms with Crippen LogP contribution in [0.5, 0.6) is 0 Å². The van der Waals surface area contributed by atoms with Gasteiger partial charge >= 0.3 is 0 Å². The number of aryl methyl sites for hydroxylation is 1. The molecule has 1 amide bonds. The van der Waals surface area contributed by atoms with Gasteiger partial charge in [0.05, 0.1) is 12.0 Å². The molecule has 1 N–H and O–H groups in total. The highest BCUT2D eigenvalue weighted by molar-refractivity contribution is 6.30. The molecule has 2 heterocycles. The van der Waals surface area contributed by atoms with Gasteiger partial charge in [-0.1, -0.05) is 11.6 Å². The van der Waals surface area contributed by atoms with Crippen LogP contribution in [0, 0.1) is 0 Å². The van der Waals surface area contributed by atoms with Crippen LogP contribution in [0.15, 0.2) is 36.8 Å². The fourth-order valence-electron chi connectivity index (χ4n) is 2.73. The number of carbonyl (C=O) groups is 1. The lowest BCUT2D eigenvalue weighted by atomic mass is 10.2. The first kappa shape index (κ1) is 15.1. The average Bonchev–Trinajstić information content (AvgIpc) is 3.10. The summed E-state index contributed by atoms with van der Waals surface area (Å²) < 4.78 is 2.03. The standard InChI is InChI=1S/C16H19ClN4O/c1-20-11-18-8-15(20)10-21-7-6-14(9-21)19-16(22)12-2-4-13(17)5-3-12/h2-5,8,11,14H,6-7,9-10H2,1H3,(H,19,22). The van der Waals surface area contributed by atoms with Crippen molar-refractivity contribution in [2.45, 2.75) is 19.0 Å². The van der Waals surface area contributed by atoms with E-state index in [9.17, 15) is 4.79 Å². The van der Waals surface area contributed by atoms with Crippen molar-refractivity contribution in [1.29, 1.82) is 0 Å². The molecular weight excluding hydrogens is 300 g/mol. The highest BCUT2D eigenvalue weighted by Crippen LogP contribution is 2.14. The Morgan fingerprint density at radius 2 is 2.18 bits per heavy atom. The Bertz CT molecular complexity index is 652. The predicted molar refractivity (Wildman–Crippen MR) is 85.8 cm³/mol. The Balaban J connectivity index is 1.53. The minimum absolute atomic E-state index is 0.0379. The highest BCUT2D eigenvalue weighted by Gasteiger charge is 2.24. The predicted octanol–water partition coefficient (Wildman–Crippen LogP) is 2.08. The third kappa shape index (κ3) is 3.48. The molecule has 0 aliphatic carbocycles. The molecule has 0 saturated carbocycles. The highest BCUT2D eigenvalue weighted by atomic mass is 35.5. The number of halogens is 1. The Morgan fingerprint density at radius 1 is 1.41 bits per heavy atom. The molecule has 2 aromatic rings. The van der Waals surface area contributed by atoms with E-state index in [1.165, 1.54) is 5.69 Å². The minimum atomic E-state index is -0.0379. The van der Waals surface area contributed by atoms with Crippen molar-refractivity contribution in [1.82, 2.24) is 19.8 Å². The van der Waals surface area contributed by atoms with E-state index < -0.39 is 0 Å². The number of carbonyl (C=O) groups excluding carboxylic acids is 1. The molecule has 1 aromatic heterocycles. The van der Waals surface area contributed by atoms with Crippen LogP contribution in [-0.2, 0) is 13.6 Å². The van der Waals surface area contributed by atoms with Gasteiger partial charge in [-0.05, 0) is 30.7 Å². The van der Waals surface area contributed by atoms with Crippen LogP contribution in [-0.4, -0.2) is 39.5 Å². The molecule has 22 heavy (non-hydrogen) atoms. The fraction of sp³-hybridized carbons (Fsp3) is 0.375. The van der Waals surface area contributed by atoms with Crippen LogP contribution in [0.25, 0.3) is 0 Å². The van der Waals surface area contributed by atoms with Gasteiger partial charge in [-0.25, -0.2) is 4.98 Å². The van der Waals surface area contributed by atoms with E-state index in [1.807, 2.05) is 24.1 Å². The Hall–Kier alpha value is -1.85. The van der Waals surface area contributed by atoms with Gasteiger partial charge in [0, 0.05) is 49.5 Å². The zero-order valence-electron chi connectivity index (χ0n) is 12.5. The van der Waals surface area contributed by atoms with Crippen LogP contribution in [0.1, 0.15) is 22.5 Å². The molecule has 1 aliphatic rings. The number of likely N-dealkylation sites (tertiary alicyclic amines) is 1. The van der Waals surface area contributed by atoms with Crippen LogP contribution < -0.4 is 5.32 Å². The summed E-state index contributed by atoms with van der Waals surface area (Å²) in [4.78, 5) is 18.7. The summed E-state index contributed by atoms with van der Waals surface area (Å²) in [6, 6.07) is 7.16. The van der Waals surface area contributed by atoms with Gasteiger partial charge in [-0.15, -0.1) is 0 Å². The second kappa shape index (κ2) is 6.50. The first-order valence-corrected chi connectivity index (χ1v) is 7.73. The number of rotatable bonds is 4. The summed E-state index contributed by atoms with van der Waals surface area (Å²) in [7, 11) is 2.00. The summed E-state index contributed by atoms with van der Waals surface area (Å²) in [5.74, 6) is -0.0379. The number of nitrogens with zero attached hydrogens (tertiary/aromatic N) is 3. The first-order valence-electron chi connectivity index (χ1n) is 7.36. The molecule has 3 rings (SSSR count). The van der Waals surface area contributed by atoms with Gasteiger partial charge < -0.3 is 9.88 Å². The number of benzene rings is 1. The Labute approximate surface area is 134 Å². The molecular formula is C16H19ClN4O. The molecule has 1 saturated heterocycles. The van der Waals surface area contributed by atoms with E-state index in [2.05, 4.69) is 15.2 Å². The summed E-state index contributed by atoms with van der Waals surface area (Å²) in [5.41, 5.74) is 1.83. The van der Waals surface area contributed by atoms with Gasteiger partial charge in [0.1, 0.15) is 0 Å². The summed E-state index contributed by atoms with van der Waals surface area (Å²) in [5, 5.41) is 3.73. The monoisotopic (exact) mass is 318 g/mol. The van der Waals surface area contributed by atoms with Gasteiger partial charge in [0.15, 0.2) is 0 Å². The van der Waals surface area contributed by atoms with Crippen LogP contribution in [0.2, 0.25) is 5.02 Å². The van der Waals surface area contributed by atoms with Crippen molar-refractivity contribution in [2.24, 2.45) is 7.05 Å². The third-order valence-corrected chi connectivity index (χ3v) is 4.27. The summed E-state index contributed by atoms with van der Waals surface area (Å²) in [6.45, 7) is 2.71. The molecule has 1 unspecified atom stereocenters. The molecule has 1 aliphatic heterocycles. The van der Waals surface area contributed by atoms with Crippen LogP contribution in [0.3, 0.4) is 0 Å². The van der Waals surface area contributed by atoms with E-state index in [-0.39, 0.29) is 11.9 Å². The molecule has 116 valence electrons. The lowest BCUT2D eigenvalue weighted by molar-refractivity contribution is 0.0937. The zero-order chi connectivity index (χ0) is 15.5. The largest absolute Gasteiger partial charge is 0.348 e. The van der Waals surface area contributed by atoms with E-state index in [0.29, 0.717) is 10.6 Å². The number of imidazole rings is 1. The lowest BCUT2D eigenvalue weighted by Gasteiger charge is -2.17. The average molecular weight is 319 g/mol. The normalized spacial score (nSPS) is 18.5. The third-order valence-electron chi connectivity index (χ3n) is 4.02. The maximum absolute atomic E-state index is 12.2. The van der Waals surface area contributed by atoms with E-state index in [4.69, 9.17) is 11.6 Å². The Kier molecular flexibility index (Phi) is 4.45. The minimum Gasteiger partial charge on any atom is -0.348 e. The second-order valence-corrected chi connectivity index (χ2v) is 6.13. The van der Waals surface area contributed by atoms with E-state index in [1.54, 1.807) is 24.3 Å². The van der Waals surface area contributed by atoms with E-state index >= 15 is 0 Å². The lowest BCUT2D eigenvalue weighted by Crippen LogP contribution is -2.37. The van der Waals surface area contributed by atoms with Crippen molar-refractivity contribution in [3.63, 3.8) is 0 Å². The number of aromatic nitrogens is 2. The number of nitrogens with one attached hydrogen (secondary N) is 1. The topological polar surface area (TPSA) is 50.2 Å². The van der Waals surface area contributed by atoms with Crippen molar-refractivity contribution >= 4 is 17.5 Å².